The number of benzene rings is 1. The summed E-state index contributed by atoms with van der Waals surface area (Å²) < 4.78 is 5.62. The van der Waals surface area contributed by atoms with Gasteiger partial charge in [0.15, 0.2) is 5.96 Å². The van der Waals surface area contributed by atoms with Gasteiger partial charge in [-0.1, -0.05) is 30.3 Å². The van der Waals surface area contributed by atoms with E-state index in [1.807, 2.05) is 42.6 Å². The van der Waals surface area contributed by atoms with Crippen molar-refractivity contribution in [2.24, 2.45) is 4.99 Å². The van der Waals surface area contributed by atoms with Crippen molar-refractivity contribution in [1.82, 2.24) is 15.6 Å². The van der Waals surface area contributed by atoms with E-state index in [2.05, 4.69) is 38.5 Å². The first-order chi connectivity index (χ1) is 14.2. The molecule has 1 aliphatic heterocycles. The van der Waals surface area contributed by atoms with Crippen molar-refractivity contribution in [2.45, 2.75) is 25.5 Å². The minimum Gasteiger partial charge on any atom is -0.396 e. The van der Waals surface area contributed by atoms with E-state index in [1.165, 1.54) is 0 Å². The van der Waals surface area contributed by atoms with Gasteiger partial charge in [0.25, 0.3) is 0 Å². The SMILES string of the molecule is CN=C(NCc1ccnc(N2CCOC(C)C2)c1)NCC(CO)c1ccccc1.I. The zero-order valence-corrected chi connectivity index (χ0v) is 20.0. The maximum atomic E-state index is 9.73. The second-order valence-corrected chi connectivity index (χ2v) is 7.25. The third-order valence-electron chi connectivity index (χ3n) is 5.07. The van der Waals surface area contributed by atoms with Gasteiger partial charge in [-0.2, -0.15) is 0 Å². The van der Waals surface area contributed by atoms with Crippen LogP contribution in [0.15, 0.2) is 53.7 Å². The van der Waals surface area contributed by atoms with Crippen molar-refractivity contribution >= 4 is 35.8 Å². The fourth-order valence-electron chi connectivity index (χ4n) is 3.41. The summed E-state index contributed by atoms with van der Waals surface area (Å²) in [6.45, 7) is 5.86. The Kier molecular flexibility index (Phi) is 10.3. The standard InChI is InChI=1S/C22H31N5O2.HI/c1-17-15-27(10-11-29-17)21-12-18(8-9-24-21)13-25-22(23-2)26-14-20(16-28)19-6-4-3-5-7-19;/h3-9,12,17,20,28H,10-11,13-16H2,1-2H3,(H2,23,25,26);1H. The maximum absolute atomic E-state index is 9.73. The number of ether oxygens (including phenoxy) is 1. The number of nitrogens with one attached hydrogen (secondary N) is 2. The van der Waals surface area contributed by atoms with Crippen LogP contribution < -0.4 is 15.5 Å². The molecule has 0 spiro atoms. The van der Waals surface area contributed by atoms with Crippen molar-refractivity contribution < 1.29 is 9.84 Å². The normalized spacial score (nSPS) is 17.8. The van der Waals surface area contributed by atoms with Crippen LogP contribution in [0.25, 0.3) is 0 Å². The Morgan fingerprint density at radius 2 is 2.10 bits per heavy atom. The van der Waals surface area contributed by atoms with Gasteiger partial charge in [0, 0.05) is 45.3 Å². The predicted octanol–water partition coefficient (Wildman–Crippen LogP) is 2.37. The van der Waals surface area contributed by atoms with Gasteiger partial charge in [0.05, 0.1) is 19.3 Å². The highest BCUT2D eigenvalue weighted by Crippen LogP contribution is 2.16. The molecule has 1 saturated heterocycles. The molecular formula is C22H32IN5O2. The number of guanidine groups is 1. The Morgan fingerprint density at radius 1 is 1.30 bits per heavy atom. The molecule has 0 aliphatic carbocycles. The van der Waals surface area contributed by atoms with Gasteiger partial charge in [-0.3, -0.25) is 4.99 Å². The number of aromatic nitrogens is 1. The molecule has 2 atom stereocenters. The van der Waals surface area contributed by atoms with Gasteiger partial charge in [-0.25, -0.2) is 4.98 Å². The Hall–Kier alpha value is -1.91. The number of aliphatic imine (C=N–C) groups is 1. The second kappa shape index (κ2) is 12.7. The zero-order valence-electron chi connectivity index (χ0n) is 17.6. The highest BCUT2D eigenvalue weighted by atomic mass is 127. The van der Waals surface area contributed by atoms with Crippen LogP contribution in [0, 0.1) is 0 Å². The fraction of sp³-hybridized carbons (Fsp3) is 0.455. The Morgan fingerprint density at radius 3 is 2.80 bits per heavy atom. The minimum absolute atomic E-state index is 0. The number of aliphatic hydroxyl groups is 1. The van der Waals surface area contributed by atoms with Crippen LogP contribution in [0.3, 0.4) is 0 Å². The van der Waals surface area contributed by atoms with Gasteiger partial charge < -0.3 is 25.4 Å². The third kappa shape index (κ3) is 7.10. The van der Waals surface area contributed by atoms with Crippen molar-refractivity contribution in [3.05, 3.63) is 59.8 Å². The maximum Gasteiger partial charge on any atom is 0.191 e. The van der Waals surface area contributed by atoms with Crippen LogP contribution in [-0.4, -0.2) is 62.0 Å². The van der Waals surface area contributed by atoms with Gasteiger partial charge in [-0.15, -0.1) is 24.0 Å². The van der Waals surface area contributed by atoms with E-state index in [1.54, 1.807) is 7.05 Å². The first kappa shape index (κ1) is 24.4. The summed E-state index contributed by atoms with van der Waals surface area (Å²) in [5.74, 6) is 1.70. The molecule has 30 heavy (non-hydrogen) atoms. The molecule has 8 heteroatoms. The average Bonchev–Trinajstić information content (AvgIpc) is 2.77. The molecule has 2 unspecified atom stereocenters. The van der Waals surface area contributed by atoms with Crippen molar-refractivity contribution in [2.75, 3.05) is 44.8 Å². The van der Waals surface area contributed by atoms with E-state index in [0.29, 0.717) is 19.0 Å². The second-order valence-electron chi connectivity index (χ2n) is 7.25. The summed E-state index contributed by atoms with van der Waals surface area (Å²) in [7, 11) is 1.75. The molecule has 7 nitrogen and oxygen atoms in total. The van der Waals surface area contributed by atoms with Crippen molar-refractivity contribution in [3.63, 3.8) is 0 Å². The van der Waals surface area contributed by atoms with Gasteiger partial charge in [0.1, 0.15) is 5.82 Å². The van der Waals surface area contributed by atoms with Gasteiger partial charge >= 0.3 is 0 Å². The van der Waals surface area contributed by atoms with E-state index in [9.17, 15) is 5.11 Å². The van der Waals surface area contributed by atoms with E-state index in [4.69, 9.17) is 4.74 Å². The average molecular weight is 525 g/mol. The van der Waals surface area contributed by atoms with Crippen molar-refractivity contribution in [3.8, 4) is 0 Å². The largest absolute Gasteiger partial charge is 0.396 e. The molecular weight excluding hydrogens is 493 g/mol. The lowest BCUT2D eigenvalue weighted by atomic mass is 10.0. The Balaban J connectivity index is 0.00000320. The number of anilines is 1. The summed E-state index contributed by atoms with van der Waals surface area (Å²) in [5.41, 5.74) is 2.25. The topological polar surface area (TPSA) is 82.0 Å². The van der Waals surface area contributed by atoms with Crippen LogP contribution in [-0.2, 0) is 11.3 Å². The molecule has 0 radical (unpaired) electrons. The predicted molar refractivity (Wildman–Crippen MR) is 132 cm³/mol. The van der Waals surface area contributed by atoms with Crippen molar-refractivity contribution in [1.29, 1.82) is 0 Å². The molecule has 0 bridgehead atoms. The number of nitrogens with zero attached hydrogens (tertiary/aromatic N) is 3. The number of aliphatic hydroxyl groups excluding tert-OH is 1. The zero-order chi connectivity index (χ0) is 20.5. The first-order valence-corrected chi connectivity index (χ1v) is 10.1. The summed E-state index contributed by atoms with van der Waals surface area (Å²) >= 11 is 0. The molecule has 0 amide bonds. The molecule has 1 aliphatic rings. The molecule has 3 rings (SSSR count). The number of rotatable bonds is 7. The molecule has 1 aromatic carbocycles. The number of halogens is 1. The Bertz CT molecular complexity index is 790. The lowest BCUT2D eigenvalue weighted by Crippen LogP contribution is -2.41. The summed E-state index contributed by atoms with van der Waals surface area (Å²) in [6.07, 6.45) is 2.07. The number of morpholine rings is 1. The first-order valence-electron chi connectivity index (χ1n) is 10.1. The summed E-state index contributed by atoms with van der Waals surface area (Å²) in [4.78, 5) is 11.1. The lowest BCUT2D eigenvalue weighted by molar-refractivity contribution is 0.0529. The third-order valence-corrected chi connectivity index (χ3v) is 5.07. The highest BCUT2D eigenvalue weighted by molar-refractivity contribution is 14.0. The van der Waals surface area contributed by atoms with Crippen LogP contribution in [0.1, 0.15) is 24.0 Å². The lowest BCUT2D eigenvalue weighted by Gasteiger charge is -2.32. The van der Waals surface area contributed by atoms with Gasteiger partial charge in [0.2, 0.25) is 0 Å². The monoisotopic (exact) mass is 525 g/mol. The van der Waals surface area contributed by atoms with Crippen LogP contribution in [0.4, 0.5) is 5.82 Å². The molecule has 2 aromatic rings. The molecule has 0 saturated carbocycles. The Labute approximate surface area is 196 Å². The van der Waals surface area contributed by atoms with E-state index >= 15 is 0 Å². The fourth-order valence-corrected chi connectivity index (χ4v) is 3.41. The molecule has 2 heterocycles. The van der Waals surface area contributed by atoms with E-state index < -0.39 is 0 Å². The van der Waals surface area contributed by atoms with E-state index in [0.717, 1.165) is 36.6 Å². The number of hydrogen-bond donors (Lipinski definition) is 3. The van der Waals surface area contributed by atoms with E-state index in [-0.39, 0.29) is 42.6 Å². The minimum atomic E-state index is 0. The van der Waals surface area contributed by atoms with Gasteiger partial charge in [-0.05, 0) is 30.2 Å². The van der Waals surface area contributed by atoms with Crippen LogP contribution in [0.2, 0.25) is 0 Å². The van der Waals surface area contributed by atoms with Crippen LogP contribution in [0.5, 0.6) is 0 Å². The summed E-state index contributed by atoms with van der Waals surface area (Å²) in [5, 5.41) is 16.4. The highest BCUT2D eigenvalue weighted by Gasteiger charge is 2.18. The molecule has 1 aromatic heterocycles. The smallest absolute Gasteiger partial charge is 0.191 e. The quantitative estimate of drug-likeness (QED) is 0.293. The molecule has 164 valence electrons. The molecule has 1 fully saturated rings. The number of hydrogen-bond acceptors (Lipinski definition) is 5. The molecule has 3 N–H and O–H groups in total. The van der Waals surface area contributed by atoms with Crippen LogP contribution >= 0.6 is 24.0 Å². The number of pyridine rings is 1. The summed E-state index contributed by atoms with van der Waals surface area (Å²) in [6, 6.07) is 14.1.